The van der Waals surface area contributed by atoms with E-state index in [2.05, 4.69) is 9.97 Å². The molecule has 0 aliphatic carbocycles. The molecule has 0 spiro atoms. The van der Waals surface area contributed by atoms with Crippen molar-refractivity contribution >= 4 is 23.3 Å². The number of pyridine rings is 1. The lowest BCUT2D eigenvalue weighted by Crippen LogP contribution is -2.36. The van der Waals surface area contributed by atoms with Gasteiger partial charge in [-0.1, -0.05) is 17.8 Å². The standard InChI is InChI=1S/C15H18N4O2S/c1-11-5-6-12-16-14(17-15(21)19(12)9-11)22-10-13(20)18-7-3-2-4-8-18/h5-6,9H,2-4,7-8,10H2,1H3. The maximum Gasteiger partial charge on any atom is 0.355 e. The molecule has 1 amide bonds. The maximum absolute atomic E-state index is 12.1. The monoisotopic (exact) mass is 318 g/mol. The fraction of sp³-hybridized carbons (Fsp3) is 0.467. The Morgan fingerprint density at radius 1 is 1.23 bits per heavy atom. The lowest BCUT2D eigenvalue weighted by molar-refractivity contribution is -0.129. The van der Waals surface area contributed by atoms with Crippen LogP contribution >= 0.6 is 11.8 Å². The highest BCUT2D eigenvalue weighted by Gasteiger charge is 2.17. The van der Waals surface area contributed by atoms with Gasteiger partial charge in [0.1, 0.15) is 5.65 Å². The van der Waals surface area contributed by atoms with Gasteiger partial charge in [0.05, 0.1) is 5.75 Å². The van der Waals surface area contributed by atoms with Crippen LogP contribution in [-0.4, -0.2) is 44.0 Å². The van der Waals surface area contributed by atoms with E-state index in [-0.39, 0.29) is 17.3 Å². The molecule has 22 heavy (non-hydrogen) atoms. The number of aryl methyl sites for hydroxylation is 1. The second kappa shape index (κ2) is 6.48. The summed E-state index contributed by atoms with van der Waals surface area (Å²) in [6.07, 6.45) is 5.05. The van der Waals surface area contributed by atoms with Gasteiger partial charge in [0.2, 0.25) is 5.91 Å². The first kappa shape index (κ1) is 15.0. The molecule has 0 aromatic carbocycles. The van der Waals surface area contributed by atoms with E-state index in [0.717, 1.165) is 31.5 Å². The molecule has 2 aromatic rings. The highest BCUT2D eigenvalue weighted by Crippen LogP contribution is 2.15. The Morgan fingerprint density at radius 3 is 2.77 bits per heavy atom. The van der Waals surface area contributed by atoms with Crippen molar-refractivity contribution in [3.05, 3.63) is 34.4 Å². The maximum atomic E-state index is 12.1. The van der Waals surface area contributed by atoms with Gasteiger partial charge in [0, 0.05) is 19.3 Å². The molecular weight excluding hydrogens is 300 g/mol. The summed E-state index contributed by atoms with van der Waals surface area (Å²) in [6, 6.07) is 3.68. The summed E-state index contributed by atoms with van der Waals surface area (Å²) in [7, 11) is 0. The van der Waals surface area contributed by atoms with Crippen LogP contribution in [0.4, 0.5) is 0 Å². The Bertz CT molecular complexity index is 753. The van der Waals surface area contributed by atoms with E-state index in [1.54, 1.807) is 12.3 Å². The molecule has 0 bridgehead atoms. The predicted molar refractivity (Wildman–Crippen MR) is 85.1 cm³/mol. The molecule has 2 aromatic heterocycles. The Balaban J connectivity index is 1.72. The summed E-state index contributed by atoms with van der Waals surface area (Å²) < 4.78 is 1.42. The first-order valence-electron chi connectivity index (χ1n) is 7.41. The van der Waals surface area contributed by atoms with E-state index in [0.29, 0.717) is 10.8 Å². The fourth-order valence-corrected chi connectivity index (χ4v) is 3.26. The van der Waals surface area contributed by atoms with E-state index in [4.69, 9.17) is 0 Å². The number of piperidine rings is 1. The summed E-state index contributed by atoms with van der Waals surface area (Å²) in [5.74, 6) is 0.374. The lowest BCUT2D eigenvalue weighted by atomic mass is 10.1. The van der Waals surface area contributed by atoms with Gasteiger partial charge in [-0.15, -0.1) is 0 Å². The number of amides is 1. The SMILES string of the molecule is Cc1ccc2nc(SCC(=O)N3CCCCC3)nc(=O)n2c1. The van der Waals surface area contributed by atoms with Gasteiger partial charge in [0.15, 0.2) is 5.16 Å². The van der Waals surface area contributed by atoms with Crippen LogP contribution in [0.1, 0.15) is 24.8 Å². The van der Waals surface area contributed by atoms with Gasteiger partial charge < -0.3 is 4.90 Å². The summed E-state index contributed by atoms with van der Waals surface area (Å²) in [5.41, 5.74) is 1.17. The van der Waals surface area contributed by atoms with Gasteiger partial charge in [-0.05, 0) is 37.8 Å². The number of carbonyl (C=O) groups excluding carboxylic acids is 1. The molecule has 1 aliphatic rings. The molecule has 0 radical (unpaired) electrons. The van der Waals surface area contributed by atoms with Gasteiger partial charge in [-0.2, -0.15) is 4.98 Å². The van der Waals surface area contributed by atoms with Crippen LogP contribution in [0.25, 0.3) is 5.65 Å². The van der Waals surface area contributed by atoms with E-state index in [9.17, 15) is 9.59 Å². The van der Waals surface area contributed by atoms with E-state index >= 15 is 0 Å². The minimum Gasteiger partial charge on any atom is -0.342 e. The van der Waals surface area contributed by atoms with Crippen LogP contribution in [0.15, 0.2) is 28.3 Å². The van der Waals surface area contributed by atoms with Crippen molar-refractivity contribution < 1.29 is 4.79 Å². The third-order valence-corrected chi connectivity index (χ3v) is 4.55. The summed E-state index contributed by atoms with van der Waals surface area (Å²) >= 11 is 1.23. The molecule has 1 saturated heterocycles. The number of rotatable bonds is 3. The first-order chi connectivity index (χ1) is 10.6. The number of hydrogen-bond donors (Lipinski definition) is 0. The smallest absolute Gasteiger partial charge is 0.342 e. The van der Waals surface area contributed by atoms with Gasteiger partial charge in [-0.25, -0.2) is 9.78 Å². The lowest BCUT2D eigenvalue weighted by Gasteiger charge is -2.26. The Morgan fingerprint density at radius 2 is 2.00 bits per heavy atom. The normalized spacial score (nSPS) is 15.2. The second-order valence-corrected chi connectivity index (χ2v) is 6.40. The number of nitrogens with zero attached hydrogens (tertiary/aromatic N) is 4. The van der Waals surface area contributed by atoms with Crippen LogP contribution in [-0.2, 0) is 4.79 Å². The van der Waals surface area contributed by atoms with Gasteiger partial charge in [0.25, 0.3) is 0 Å². The number of carbonyl (C=O) groups is 1. The largest absolute Gasteiger partial charge is 0.355 e. The Labute approximate surface area is 132 Å². The second-order valence-electron chi connectivity index (χ2n) is 5.45. The van der Waals surface area contributed by atoms with Crippen molar-refractivity contribution in [3.8, 4) is 0 Å². The van der Waals surface area contributed by atoms with Crippen molar-refractivity contribution in [2.45, 2.75) is 31.3 Å². The average Bonchev–Trinajstić information content (AvgIpc) is 2.54. The molecular formula is C15H18N4O2S. The van der Waals surface area contributed by atoms with Crippen molar-refractivity contribution in [1.82, 2.24) is 19.3 Å². The molecule has 3 heterocycles. The Kier molecular flexibility index (Phi) is 4.42. The van der Waals surface area contributed by atoms with Gasteiger partial charge in [-0.3, -0.25) is 9.20 Å². The molecule has 1 fully saturated rings. The topological polar surface area (TPSA) is 67.6 Å². The molecule has 3 rings (SSSR count). The third-order valence-electron chi connectivity index (χ3n) is 3.72. The molecule has 1 aliphatic heterocycles. The quantitative estimate of drug-likeness (QED) is 0.802. The number of fused-ring (bicyclic) bond motifs is 1. The van der Waals surface area contributed by atoms with E-state index in [1.807, 2.05) is 17.9 Å². The minimum atomic E-state index is -0.360. The van der Waals surface area contributed by atoms with Crippen LogP contribution < -0.4 is 5.69 Å². The molecule has 0 atom stereocenters. The molecule has 6 nitrogen and oxygen atoms in total. The number of aromatic nitrogens is 3. The van der Waals surface area contributed by atoms with E-state index < -0.39 is 0 Å². The highest BCUT2D eigenvalue weighted by atomic mass is 32.2. The predicted octanol–water partition coefficient (Wildman–Crippen LogP) is 1.50. The molecule has 7 heteroatoms. The Hall–Kier alpha value is -1.89. The van der Waals surface area contributed by atoms with E-state index in [1.165, 1.54) is 22.6 Å². The zero-order chi connectivity index (χ0) is 15.5. The van der Waals surface area contributed by atoms with Crippen molar-refractivity contribution in [1.29, 1.82) is 0 Å². The number of thioether (sulfide) groups is 1. The third kappa shape index (κ3) is 3.30. The van der Waals surface area contributed by atoms with Crippen LogP contribution in [0.2, 0.25) is 0 Å². The van der Waals surface area contributed by atoms with Crippen molar-refractivity contribution in [3.63, 3.8) is 0 Å². The summed E-state index contributed by atoms with van der Waals surface area (Å²) in [5, 5.41) is 0.360. The molecule has 0 N–H and O–H groups in total. The fourth-order valence-electron chi connectivity index (χ4n) is 2.53. The first-order valence-corrected chi connectivity index (χ1v) is 8.40. The van der Waals surface area contributed by atoms with Crippen LogP contribution in [0.3, 0.4) is 0 Å². The van der Waals surface area contributed by atoms with Crippen molar-refractivity contribution in [2.75, 3.05) is 18.8 Å². The van der Waals surface area contributed by atoms with Gasteiger partial charge >= 0.3 is 5.69 Å². The van der Waals surface area contributed by atoms with Crippen molar-refractivity contribution in [2.24, 2.45) is 0 Å². The van der Waals surface area contributed by atoms with Crippen LogP contribution in [0.5, 0.6) is 0 Å². The number of hydrogen-bond acceptors (Lipinski definition) is 5. The summed E-state index contributed by atoms with van der Waals surface area (Å²) in [4.78, 5) is 34.3. The number of likely N-dealkylation sites (tertiary alicyclic amines) is 1. The van der Waals surface area contributed by atoms with Crippen LogP contribution in [0, 0.1) is 6.92 Å². The molecule has 0 unspecified atom stereocenters. The minimum absolute atomic E-state index is 0.0948. The summed E-state index contributed by atoms with van der Waals surface area (Å²) in [6.45, 7) is 3.58. The molecule has 0 saturated carbocycles. The average molecular weight is 318 g/mol. The zero-order valence-corrected chi connectivity index (χ0v) is 13.3. The highest BCUT2D eigenvalue weighted by molar-refractivity contribution is 7.99. The molecule has 116 valence electrons. The zero-order valence-electron chi connectivity index (χ0n) is 12.5.